The van der Waals surface area contributed by atoms with Crippen LogP contribution >= 0.6 is 11.8 Å². The summed E-state index contributed by atoms with van der Waals surface area (Å²) in [6.07, 6.45) is 4.68. The van der Waals surface area contributed by atoms with Gasteiger partial charge >= 0.3 is 0 Å². The lowest BCUT2D eigenvalue weighted by atomic mass is 10.3. The number of anilines is 1. The molecule has 1 aromatic heterocycles. The average Bonchev–Trinajstić information content (AvgIpc) is 2.84. The SMILES string of the molecule is C/C=C\c1nc(CC)c(N(C)C(=N)SC(C)F)n1C(C)CNC. The molecule has 2 unspecified atom stereocenters. The number of nitrogens with zero attached hydrogens (tertiary/aromatic N) is 3. The van der Waals surface area contributed by atoms with E-state index in [1.807, 2.05) is 33.0 Å². The monoisotopic (exact) mass is 341 g/mol. The summed E-state index contributed by atoms with van der Waals surface area (Å²) in [4.78, 5) is 6.44. The predicted molar refractivity (Wildman–Crippen MR) is 99.2 cm³/mol. The fourth-order valence-corrected chi connectivity index (χ4v) is 3.05. The molecule has 0 aliphatic heterocycles. The third kappa shape index (κ3) is 4.81. The van der Waals surface area contributed by atoms with E-state index in [0.29, 0.717) is 0 Å². The second-order valence-corrected chi connectivity index (χ2v) is 6.67. The Kier molecular flexibility index (Phi) is 7.78. The number of aryl methyl sites for hydroxylation is 1. The Balaban J connectivity index is 3.39. The fraction of sp³-hybridized carbons (Fsp3) is 0.625. The van der Waals surface area contributed by atoms with E-state index in [4.69, 9.17) is 10.4 Å². The van der Waals surface area contributed by atoms with E-state index >= 15 is 0 Å². The highest BCUT2D eigenvalue weighted by Gasteiger charge is 2.24. The van der Waals surface area contributed by atoms with Gasteiger partial charge in [-0.05, 0) is 40.3 Å². The molecule has 1 rings (SSSR count). The van der Waals surface area contributed by atoms with Crippen molar-refractivity contribution in [1.29, 1.82) is 5.41 Å². The number of likely N-dealkylation sites (N-methyl/N-ethyl adjacent to an activating group) is 1. The molecule has 23 heavy (non-hydrogen) atoms. The first-order valence-electron chi connectivity index (χ1n) is 7.88. The number of imidazole rings is 1. The minimum atomic E-state index is -1.11. The smallest absolute Gasteiger partial charge is 0.164 e. The lowest BCUT2D eigenvalue weighted by molar-refractivity contribution is 0.485. The number of nitrogens with one attached hydrogen (secondary N) is 2. The molecule has 0 aliphatic rings. The molecule has 1 heterocycles. The number of rotatable bonds is 7. The largest absolute Gasteiger partial charge is 0.318 e. The maximum absolute atomic E-state index is 13.3. The van der Waals surface area contributed by atoms with Gasteiger partial charge in [0.25, 0.3) is 0 Å². The zero-order valence-corrected chi connectivity index (χ0v) is 15.7. The van der Waals surface area contributed by atoms with Gasteiger partial charge in [0.2, 0.25) is 0 Å². The molecule has 2 atom stereocenters. The Labute approximate surface area is 142 Å². The number of allylic oxidation sites excluding steroid dienone is 1. The minimum Gasteiger partial charge on any atom is -0.318 e. The molecule has 0 fully saturated rings. The standard InChI is InChI=1S/C16H28FN5S/c1-7-9-14-20-13(8-2)15(22(14)11(3)10-19-5)21(6)16(18)23-12(4)17/h7,9,11-12,18-19H,8,10H2,1-6H3/b9-7-,18-16?. The lowest BCUT2D eigenvalue weighted by Crippen LogP contribution is -2.30. The van der Waals surface area contributed by atoms with Crippen molar-refractivity contribution in [3.63, 3.8) is 0 Å². The van der Waals surface area contributed by atoms with Crippen molar-refractivity contribution < 1.29 is 4.39 Å². The van der Waals surface area contributed by atoms with Gasteiger partial charge in [-0.3, -0.25) is 5.41 Å². The summed E-state index contributed by atoms with van der Waals surface area (Å²) in [5.74, 6) is 1.72. The molecule has 0 bridgehead atoms. The zero-order chi connectivity index (χ0) is 17.6. The van der Waals surface area contributed by atoms with Gasteiger partial charge in [-0.2, -0.15) is 0 Å². The summed E-state index contributed by atoms with van der Waals surface area (Å²) in [5, 5.41) is 11.5. The quantitative estimate of drug-likeness (QED) is 0.587. The fourth-order valence-electron chi connectivity index (χ4n) is 2.50. The van der Waals surface area contributed by atoms with Gasteiger partial charge in [-0.1, -0.05) is 24.8 Å². The highest BCUT2D eigenvalue weighted by molar-refractivity contribution is 8.14. The third-order valence-corrected chi connectivity index (χ3v) is 4.29. The maximum atomic E-state index is 13.3. The first-order chi connectivity index (χ1) is 10.9. The van der Waals surface area contributed by atoms with E-state index in [9.17, 15) is 4.39 Å². The van der Waals surface area contributed by atoms with Crippen LogP contribution in [0.2, 0.25) is 0 Å². The molecule has 0 saturated heterocycles. The summed E-state index contributed by atoms with van der Waals surface area (Å²) >= 11 is 0.901. The van der Waals surface area contributed by atoms with Crippen molar-refractivity contribution >= 4 is 28.8 Å². The molecule has 130 valence electrons. The van der Waals surface area contributed by atoms with E-state index in [2.05, 4.69) is 16.8 Å². The first-order valence-corrected chi connectivity index (χ1v) is 8.76. The van der Waals surface area contributed by atoms with E-state index in [1.54, 1.807) is 11.9 Å². The number of hydrogen-bond donors (Lipinski definition) is 2. The van der Waals surface area contributed by atoms with Crippen molar-refractivity contribution in [2.75, 3.05) is 25.5 Å². The van der Waals surface area contributed by atoms with Crippen LogP contribution in [0.15, 0.2) is 6.08 Å². The molecular formula is C16H28FN5S. The van der Waals surface area contributed by atoms with Gasteiger partial charge in [0.05, 0.1) is 5.69 Å². The normalized spacial score (nSPS) is 14.2. The van der Waals surface area contributed by atoms with Crippen LogP contribution in [-0.4, -0.2) is 40.9 Å². The van der Waals surface area contributed by atoms with Crippen LogP contribution in [0.25, 0.3) is 6.08 Å². The average molecular weight is 342 g/mol. The van der Waals surface area contributed by atoms with Crippen molar-refractivity contribution in [3.05, 3.63) is 17.6 Å². The van der Waals surface area contributed by atoms with Crippen LogP contribution in [0.5, 0.6) is 0 Å². The predicted octanol–water partition coefficient (Wildman–Crippen LogP) is 3.68. The zero-order valence-electron chi connectivity index (χ0n) is 14.9. The number of amidine groups is 1. The molecule has 5 nitrogen and oxygen atoms in total. The molecule has 0 amide bonds. The van der Waals surface area contributed by atoms with Gasteiger partial charge in [0.1, 0.15) is 17.1 Å². The first kappa shape index (κ1) is 19.7. The van der Waals surface area contributed by atoms with Crippen LogP contribution in [0, 0.1) is 5.41 Å². The molecule has 2 N–H and O–H groups in total. The van der Waals surface area contributed by atoms with E-state index in [1.165, 1.54) is 6.92 Å². The number of halogens is 1. The minimum absolute atomic E-state index is 0.164. The van der Waals surface area contributed by atoms with Gasteiger partial charge in [-0.15, -0.1) is 0 Å². The maximum Gasteiger partial charge on any atom is 0.164 e. The van der Waals surface area contributed by atoms with Gasteiger partial charge in [0.15, 0.2) is 5.17 Å². The highest BCUT2D eigenvalue weighted by atomic mass is 32.2. The number of hydrogen-bond acceptors (Lipinski definition) is 4. The Hall–Kier alpha value is -1.34. The van der Waals surface area contributed by atoms with Crippen molar-refractivity contribution in [2.45, 2.75) is 45.7 Å². The van der Waals surface area contributed by atoms with Gasteiger partial charge in [-0.25, -0.2) is 9.37 Å². The summed E-state index contributed by atoms with van der Waals surface area (Å²) in [6.45, 7) is 8.33. The molecule has 0 spiro atoms. The van der Waals surface area contributed by atoms with Crippen LogP contribution in [0.3, 0.4) is 0 Å². The van der Waals surface area contributed by atoms with Crippen molar-refractivity contribution in [2.24, 2.45) is 0 Å². The summed E-state index contributed by atoms with van der Waals surface area (Å²) < 4.78 is 15.4. The third-order valence-electron chi connectivity index (χ3n) is 3.47. The molecule has 0 aliphatic carbocycles. The molecule has 7 heteroatoms. The lowest BCUT2D eigenvalue weighted by Gasteiger charge is -2.26. The second-order valence-electron chi connectivity index (χ2n) is 5.40. The number of thioether (sulfide) groups is 1. The van der Waals surface area contributed by atoms with E-state index in [0.717, 1.165) is 42.1 Å². The van der Waals surface area contributed by atoms with Crippen molar-refractivity contribution in [1.82, 2.24) is 14.9 Å². The Morgan fingerprint density at radius 3 is 2.65 bits per heavy atom. The van der Waals surface area contributed by atoms with Gasteiger partial charge < -0.3 is 14.8 Å². The second kappa shape index (κ2) is 9.08. The van der Waals surface area contributed by atoms with Crippen LogP contribution < -0.4 is 10.2 Å². The van der Waals surface area contributed by atoms with Crippen molar-refractivity contribution in [3.8, 4) is 0 Å². The number of aromatic nitrogens is 2. The van der Waals surface area contributed by atoms with Gasteiger partial charge in [0, 0.05) is 19.6 Å². The summed E-state index contributed by atoms with van der Waals surface area (Å²) in [6, 6.07) is 0.164. The molecular weight excluding hydrogens is 313 g/mol. The summed E-state index contributed by atoms with van der Waals surface area (Å²) in [7, 11) is 3.71. The Morgan fingerprint density at radius 1 is 1.52 bits per heavy atom. The van der Waals surface area contributed by atoms with E-state index < -0.39 is 5.50 Å². The molecule has 0 aromatic carbocycles. The van der Waals surface area contributed by atoms with Crippen LogP contribution in [-0.2, 0) is 6.42 Å². The number of alkyl halides is 1. The summed E-state index contributed by atoms with van der Waals surface area (Å²) in [5.41, 5.74) is -0.198. The highest BCUT2D eigenvalue weighted by Crippen LogP contribution is 2.30. The van der Waals surface area contributed by atoms with E-state index in [-0.39, 0.29) is 11.2 Å². The molecule has 1 aromatic rings. The topological polar surface area (TPSA) is 56.9 Å². The molecule has 0 radical (unpaired) electrons. The Morgan fingerprint density at radius 2 is 2.17 bits per heavy atom. The Bertz CT molecular complexity index is 553. The van der Waals surface area contributed by atoms with Crippen LogP contribution in [0.4, 0.5) is 10.2 Å². The van der Waals surface area contributed by atoms with Crippen LogP contribution in [0.1, 0.15) is 45.3 Å². The molecule has 0 saturated carbocycles.